The lowest BCUT2D eigenvalue weighted by Gasteiger charge is -2.19. The minimum Gasteiger partial charge on any atom is -0.343 e. The number of rotatable bonds is 7. The van der Waals surface area contributed by atoms with E-state index in [-0.39, 0.29) is 24.1 Å². The molecule has 30 heavy (non-hydrogen) atoms. The summed E-state index contributed by atoms with van der Waals surface area (Å²) in [5, 5.41) is 5.12. The van der Waals surface area contributed by atoms with Crippen molar-refractivity contribution in [1.82, 2.24) is 14.9 Å². The number of aryl methyl sites for hydroxylation is 1. The third-order valence-corrected chi connectivity index (χ3v) is 5.98. The van der Waals surface area contributed by atoms with Gasteiger partial charge in [-0.1, -0.05) is 55.8 Å². The molecule has 1 amide bonds. The molecule has 0 fully saturated rings. The van der Waals surface area contributed by atoms with Crippen LogP contribution in [-0.4, -0.2) is 15.5 Å². The third kappa shape index (κ3) is 4.33. The fourth-order valence-electron chi connectivity index (χ4n) is 3.57. The molecule has 0 saturated heterocycles. The van der Waals surface area contributed by atoms with Crippen LogP contribution in [0, 0.1) is 0 Å². The zero-order valence-corrected chi connectivity index (χ0v) is 17.6. The van der Waals surface area contributed by atoms with E-state index in [9.17, 15) is 9.59 Å². The molecule has 2 aromatic carbocycles. The Balaban J connectivity index is 1.60. The van der Waals surface area contributed by atoms with Crippen LogP contribution in [0.2, 0.25) is 0 Å². The number of hydrogen-bond donors (Lipinski definition) is 1. The van der Waals surface area contributed by atoms with Crippen molar-refractivity contribution < 1.29 is 4.79 Å². The Morgan fingerprint density at radius 1 is 1.10 bits per heavy atom. The van der Waals surface area contributed by atoms with E-state index in [0.29, 0.717) is 11.0 Å². The number of carbonyl (C=O) groups excluding carboxylic acids is 1. The first-order valence-corrected chi connectivity index (χ1v) is 10.9. The highest BCUT2D eigenvalue weighted by Crippen LogP contribution is 2.26. The fraction of sp³-hybridized carbons (Fsp3) is 0.208. The Morgan fingerprint density at radius 2 is 1.90 bits per heavy atom. The Morgan fingerprint density at radius 3 is 2.63 bits per heavy atom. The van der Waals surface area contributed by atoms with Gasteiger partial charge in [0.2, 0.25) is 5.91 Å². The Hall–Kier alpha value is -3.25. The highest BCUT2D eigenvalue weighted by molar-refractivity contribution is 7.10. The van der Waals surface area contributed by atoms with Crippen molar-refractivity contribution in [2.45, 2.75) is 32.4 Å². The summed E-state index contributed by atoms with van der Waals surface area (Å²) in [4.78, 5) is 30.6. The monoisotopic (exact) mass is 417 g/mol. The predicted molar refractivity (Wildman–Crippen MR) is 121 cm³/mol. The van der Waals surface area contributed by atoms with Gasteiger partial charge in [-0.25, -0.2) is 4.98 Å². The smallest absolute Gasteiger partial charge is 0.269 e. The van der Waals surface area contributed by atoms with E-state index in [1.165, 1.54) is 16.3 Å². The van der Waals surface area contributed by atoms with Gasteiger partial charge in [0.1, 0.15) is 6.54 Å². The Labute approximate surface area is 179 Å². The number of thiophene rings is 1. The molecule has 0 spiro atoms. The molecule has 2 aromatic heterocycles. The summed E-state index contributed by atoms with van der Waals surface area (Å²) >= 11 is 1.60. The number of amides is 1. The van der Waals surface area contributed by atoms with Crippen molar-refractivity contribution in [1.29, 1.82) is 0 Å². The average molecular weight is 418 g/mol. The van der Waals surface area contributed by atoms with Gasteiger partial charge in [0.15, 0.2) is 0 Å². The van der Waals surface area contributed by atoms with Gasteiger partial charge in [0.05, 0.1) is 23.3 Å². The molecule has 1 N–H and O–H groups in total. The van der Waals surface area contributed by atoms with Gasteiger partial charge in [0, 0.05) is 4.88 Å². The first kappa shape index (κ1) is 20.0. The molecule has 0 saturated carbocycles. The fourth-order valence-corrected chi connectivity index (χ4v) is 4.37. The first-order valence-electron chi connectivity index (χ1n) is 10.0. The van der Waals surface area contributed by atoms with E-state index in [1.807, 2.05) is 35.7 Å². The molecule has 5 nitrogen and oxygen atoms in total. The zero-order valence-electron chi connectivity index (χ0n) is 16.7. The second-order valence-electron chi connectivity index (χ2n) is 7.18. The van der Waals surface area contributed by atoms with Crippen molar-refractivity contribution in [3.05, 3.63) is 98.6 Å². The first-order chi connectivity index (χ1) is 14.7. The van der Waals surface area contributed by atoms with Crippen LogP contribution in [0.15, 0.2) is 77.0 Å². The van der Waals surface area contributed by atoms with Crippen molar-refractivity contribution in [3.8, 4) is 0 Å². The van der Waals surface area contributed by atoms with Gasteiger partial charge in [-0.2, -0.15) is 0 Å². The molecule has 1 unspecified atom stereocenters. The van der Waals surface area contributed by atoms with E-state index in [2.05, 4.69) is 41.5 Å². The molecule has 0 bridgehead atoms. The maximum Gasteiger partial charge on any atom is 0.269 e. The standard InChI is InChI=1S/C24H23N3O2S/c1-2-6-17-10-12-18(13-11-17)24(21-9-5-14-30-21)26-22(28)16-27-20-8-4-3-7-19(20)25-15-23(27)29/h3-5,7-15,24H,2,6,16H2,1H3,(H,26,28). The van der Waals surface area contributed by atoms with Crippen LogP contribution in [0.1, 0.15) is 35.4 Å². The highest BCUT2D eigenvalue weighted by Gasteiger charge is 2.19. The van der Waals surface area contributed by atoms with Gasteiger partial charge >= 0.3 is 0 Å². The molecule has 6 heteroatoms. The third-order valence-electron chi connectivity index (χ3n) is 5.04. The van der Waals surface area contributed by atoms with Crippen molar-refractivity contribution in [2.24, 2.45) is 0 Å². The molecular formula is C24H23N3O2S. The number of benzene rings is 2. The second kappa shape index (κ2) is 9.05. The van der Waals surface area contributed by atoms with E-state index in [1.54, 1.807) is 17.4 Å². The largest absolute Gasteiger partial charge is 0.343 e. The molecule has 4 aromatic rings. The number of nitrogens with one attached hydrogen (secondary N) is 1. The topological polar surface area (TPSA) is 64.0 Å². The number of fused-ring (bicyclic) bond motifs is 1. The van der Waals surface area contributed by atoms with E-state index in [4.69, 9.17) is 0 Å². The molecule has 0 aliphatic heterocycles. The van der Waals surface area contributed by atoms with Crippen LogP contribution in [-0.2, 0) is 17.8 Å². The van der Waals surface area contributed by atoms with Crippen LogP contribution < -0.4 is 10.9 Å². The number of nitrogens with zero attached hydrogens (tertiary/aromatic N) is 2. The minimum absolute atomic E-state index is 0.0579. The molecule has 2 heterocycles. The molecule has 0 aliphatic rings. The summed E-state index contributed by atoms with van der Waals surface area (Å²) in [5.74, 6) is -0.218. The van der Waals surface area contributed by atoms with Crippen LogP contribution in [0.5, 0.6) is 0 Å². The molecular weight excluding hydrogens is 394 g/mol. The van der Waals surface area contributed by atoms with Crippen molar-refractivity contribution >= 4 is 28.3 Å². The predicted octanol–water partition coefficient (Wildman–Crippen LogP) is 4.32. The second-order valence-corrected chi connectivity index (χ2v) is 8.16. The average Bonchev–Trinajstić information content (AvgIpc) is 3.30. The van der Waals surface area contributed by atoms with Gasteiger partial charge in [0.25, 0.3) is 5.56 Å². The number of hydrogen-bond acceptors (Lipinski definition) is 4. The van der Waals surface area contributed by atoms with Gasteiger partial charge in [-0.15, -0.1) is 11.3 Å². The van der Waals surface area contributed by atoms with E-state index in [0.717, 1.165) is 23.3 Å². The normalized spacial score (nSPS) is 12.0. The summed E-state index contributed by atoms with van der Waals surface area (Å²) < 4.78 is 1.47. The Bertz CT molecular complexity index is 1200. The number of carbonyl (C=O) groups is 1. The lowest BCUT2D eigenvalue weighted by Crippen LogP contribution is -2.35. The number of para-hydroxylation sites is 2. The quantitative estimate of drug-likeness (QED) is 0.487. The summed E-state index contributed by atoms with van der Waals surface area (Å²) in [5.41, 5.74) is 3.35. The van der Waals surface area contributed by atoms with Crippen LogP contribution in [0.3, 0.4) is 0 Å². The van der Waals surface area contributed by atoms with Crippen LogP contribution >= 0.6 is 11.3 Å². The number of aromatic nitrogens is 2. The minimum atomic E-state index is -0.291. The van der Waals surface area contributed by atoms with Gasteiger partial charge < -0.3 is 5.32 Å². The molecule has 0 aliphatic carbocycles. The van der Waals surface area contributed by atoms with Crippen LogP contribution in [0.25, 0.3) is 11.0 Å². The molecule has 4 rings (SSSR count). The Kier molecular flexibility index (Phi) is 6.05. The molecule has 152 valence electrons. The lowest BCUT2D eigenvalue weighted by molar-refractivity contribution is -0.122. The van der Waals surface area contributed by atoms with Crippen molar-refractivity contribution in [2.75, 3.05) is 0 Å². The maximum atomic E-state index is 13.0. The lowest BCUT2D eigenvalue weighted by atomic mass is 10.0. The molecule has 0 radical (unpaired) electrons. The summed E-state index contributed by atoms with van der Waals surface area (Å²) in [7, 11) is 0. The van der Waals surface area contributed by atoms with Gasteiger partial charge in [-0.3, -0.25) is 14.2 Å². The summed E-state index contributed by atoms with van der Waals surface area (Å²) in [6.45, 7) is 2.10. The molecule has 1 atom stereocenters. The SMILES string of the molecule is CCCc1ccc(C(NC(=O)Cn2c(=O)cnc3ccccc32)c2cccs2)cc1. The highest BCUT2D eigenvalue weighted by atomic mass is 32.1. The van der Waals surface area contributed by atoms with Crippen LogP contribution in [0.4, 0.5) is 0 Å². The summed E-state index contributed by atoms with van der Waals surface area (Å²) in [6.07, 6.45) is 3.40. The van der Waals surface area contributed by atoms with Crippen molar-refractivity contribution in [3.63, 3.8) is 0 Å². The van der Waals surface area contributed by atoms with E-state index >= 15 is 0 Å². The van der Waals surface area contributed by atoms with E-state index < -0.39 is 0 Å². The zero-order chi connectivity index (χ0) is 20.9. The van der Waals surface area contributed by atoms with Gasteiger partial charge in [-0.05, 0) is 41.1 Å². The maximum absolute atomic E-state index is 13.0. The summed E-state index contributed by atoms with van der Waals surface area (Å²) in [6, 6.07) is 19.5.